The lowest BCUT2D eigenvalue weighted by atomic mass is 9.92. The Morgan fingerprint density at radius 2 is 1.96 bits per heavy atom. The number of hydrogen-bond donors (Lipinski definition) is 1. The fourth-order valence-corrected chi connectivity index (χ4v) is 6.74. The Bertz CT molecular complexity index is 689. The van der Waals surface area contributed by atoms with Gasteiger partial charge < -0.3 is 10.2 Å². The zero-order valence-electron chi connectivity index (χ0n) is 15.8. The minimum absolute atomic E-state index is 0. The molecule has 1 aromatic rings. The van der Waals surface area contributed by atoms with Crippen LogP contribution >= 0.6 is 23.7 Å². The van der Waals surface area contributed by atoms with Crippen molar-refractivity contribution in [2.75, 3.05) is 33.2 Å². The van der Waals surface area contributed by atoms with Gasteiger partial charge in [0.15, 0.2) is 0 Å². The van der Waals surface area contributed by atoms with Crippen LogP contribution in [0.2, 0.25) is 0 Å². The topological polar surface area (TPSA) is 69.7 Å². The number of rotatable bonds is 6. The molecule has 0 spiro atoms. The van der Waals surface area contributed by atoms with E-state index in [9.17, 15) is 13.2 Å². The first kappa shape index (κ1) is 22.6. The van der Waals surface area contributed by atoms with Crippen LogP contribution in [0.25, 0.3) is 0 Å². The van der Waals surface area contributed by atoms with Gasteiger partial charge in [-0.2, -0.15) is 4.31 Å². The highest BCUT2D eigenvalue weighted by Crippen LogP contribution is 2.30. The molecule has 0 bridgehead atoms. The molecule has 1 N–H and O–H groups in total. The highest BCUT2D eigenvalue weighted by atomic mass is 35.5. The van der Waals surface area contributed by atoms with Crippen molar-refractivity contribution in [3.63, 3.8) is 0 Å². The molecular weight excluding hydrogens is 406 g/mol. The number of piperidine rings is 2. The first-order valence-corrected chi connectivity index (χ1v) is 11.8. The second-order valence-corrected chi connectivity index (χ2v) is 10.3. The fourth-order valence-electron chi connectivity index (χ4n) is 3.97. The van der Waals surface area contributed by atoms with Crippen LogP contribution < -0.4 is 5.32 Å². The van der Waals surface area contributed by atoms with Crippen LogP contribution in [-0.2, 0) is 14.8 Å². The summed E-state index contributed by atoms with van der Waals surface area (Å²) in [7, 11) is -1.62. The van der Waals surface area contributed by atoms with E-state index >= 15 is 0 Å². The van der Waals surface area contributed by atoms with Crippen LogP contribution in [0.4, 0.5) is 0 Å². The highest BCUT2D eigenvalue weighted by molar-refractivity contribution is 7.91. The molecule has 0 aromatic carbocycles. The summed E-state index contributed by atoms with van der Waals surface area (Å²) in [5, 5.41) is 4.95. The molecule has 6 nitrogen and oxygen atoms in total. The first-order valence-electron chi connectivity index (χ1n) is 9.53. The molecule has 0 saturated carbocycles. The van der Waals surface area contributed by atoms with E-state index in [1.165, 1.54) is 15.6 Å². The van der Waals surface area contributed by atoms with Crippen LogP contribution in [0.5, 0.6) is 0 Å². The van der Waals surface area contributed by atoms with Gasteiger partial charge in [-0.1, -0.05) is 12.5 Å². The molecule has 2 aliphatic rings. The Kier molecular flexibility index (Phi) is 8.55. The van der Waals surface area contributed by atoms with Crippen LogP contribution in [0.3, 0.4) is 0 Å². The molecular formula is C18H30ClN3O3S2. The van der Waals surface area contributed by atoms with Gasteiger partial charge in [-0.25, -0.2) is 8.42 Å². The Morgan fingerprint density at radius 3 is 2.59 bits per heavy atom. The zero-order valence-corrected chi connectivity index (χ0v) is 18.3. The van der Waals surface area contributed by atoms with Crippen molar-refractivity contribution in [1.29, 1.82) is 0 Å². The van der Waals surface area contributed by atoms with Crippen LogP contribution in [0, 0.1) is 5.92 Å². The lowest BCUT2D eigenvalue weighted by Crippen LogP contribution is -2.54. The van der Waals surface area contributed by atoms with E-state index < -0.39 is 16.1 Å². The fraction of sp³-hybridized carbons (Fsp3) is 0.722. The smallest absolute Gasteiger partial charge is 0.253 e. The van der Waals surface area contributed by atoms with Crippen molar-refractivity contribution in [1.82, 2.24) is 14.5 Å². The Labute approximate surface area is 172 Å². The van der Waals surface area contributed by atoms with Gasteiger partial charge in [-0.15, -0.1) is 23.7 Å². The van der Waals surface area contributed by atoms with E-state index in [1.54, 1.807) is 17.5 Å². The SMILES string of the molecule is CNCCC1CCN(C(=O)C2CCCCN2S(=O)(=O)c2cccs2)CC1.Cl. The van der Waals surface area contributed by atoms with E-state index in [4.69, 9.17) is 0 Å². The number of carbonyl (C=O) groups is 1. The molecule has 1 aromatic heterocycles. The molecule has 1 atom stereocenters. The molecule has 27 heavy (non-hydrogen) atoms. The van der Waals surface area contributed by atoms with E-state index in [0.717, 1.165) is 51.7 Å². The number of carbonyl (C=O) groups excluding carboxylic acids is 1. The number of sulfonamides is 1. The maximum atomic E-state index is 13.1. The Balaban J connectivity index is 0.00000261. The molecule has 0 radical (unpaired) electrons. The Hall–Kier alpha value is -0.670. The van der Waals surface area contributed by atoms with Crippen LogP contribution in [0.15, 0.2) is 21.7 Å². The summed E-state index contributed by atoms with van der Waals surface area (Å²) in [6.07, 6.45) is 5.52. The van der Waals surface area contributed by atoms with E-state index in [-0.39, 0.29) is 18.3 Å². The van der Waals surface area contributed by atoms with E-state index in [2.05, 4.69) is 5.32 Å². The summed E-state index contributed by atoms with van der Waals surface area (Å²) in [5.74, 6) is 0.653. The first-order chi connectivity index (χ1) is 12.5. The van der Waals surface area contributed by atoms with E-state index in [1.807, 2.05) is 11.9 Å². The third kappa shape index (κ3) is 5.23. The average Bonchev–Trinajstić information content (AvgIpc) is 3.22. The maximum absolute atomic E-state index is 13.1. The predicted molar refractivity (Wildman–Crippen MR) is 111 cm³/mol. The number of thiophene rings is 1. The van der Waals surface area contributed by atoms with Gasteiger partial charge in [0.2, 0.25) is 5.91 Å². The number of nitrogens with one attached hydrogen (secondary N) is 1. The second kappa shape index (κ2) is 10.2. The second-order valence-electron chi connectivity index (χ2n) is 7.22. The highest BCUT2D eigenvalue weighted by Gasteiger charge is 2.40. The number of likely N-dealkylation sites (tertiary alicyclic amines) is 1. The van der Waals surface area contributed by atoms with Crippen molar-refractivity contribution in [3.8, 4) is 0 Å². The van der Waals surface area contributed by atoms with Gasteiger partial charge in [0, 0.05) is 19.6 Å². The maximum Gasteiger partial charge on any atom is 0.253 e. The third-order valence-electron chi connectivity index (χ3n) is 5.53. The molecule has 9 heteroatoms. The van der Waals surface area contributed by atoms with E-state index in [0.29, 0.717) is 23.1 Å². The number of halogens is 1. The van der Waals surface area contributed by atoms with Crippen molar-refractivity contribution >= 4 is 39.7 Å². The summed E-state index contributed by atoms with van der Waals surface area (Å²) in [6.45, 7) is 2.94. The van der Waals surface area contributed by atoms with Gasteiger partial charge in [-0.05, 0) is 63.1 Å². The largest absolute Gasteiger partial charge is 0.341 e. The molecule has 2 aliphatic heterocycles. The molecule has 2 fully saturated rings. The molecule has 1 unspecified atom stereocenters. The van der Waals surface area contributed by atoms with Gasteiger partial charge in [0.1, 0.15) is 10.3 Å². The summed E-state index contributed by atoms with van der Waals surface area (Å²) in [6, 6.07) is 2.84. The lowest BCUT2D eigenvalue weighted by molar-refractivity contribution is -0.137. The monoisotopic (exact) mass is 435 g/mol. The quantitative estimate of drug-likeness (QED) is 0.745. The molecule has 1 amide bonds. The van der Waals surface area contributed by atoms with Gasteiger partial charge in [-0.3, -0.25) is 4.79 Å². The molecule has 154 valence electrons. The van der Waals surface area contributed by atoms with Crippen molar-refractivity contribution in [3.05, 3.63) is 17.5 Å². The number of nitrogens with zero attached hydrogens (tertiary/aromatic N) is 2. The summed E-state index contributed by atoms with van der Waals surface area (Å²) in [4.78, 5) is 15.0. The van der Waals surface area contributed by atoms with Gasteiger partial charge in [0.05, 0.1) is 0 Å². The van der Waals surface area contributed by atoms with Crippen LogP contribution in [-0.4, -0.2) is 62.8 Å². The Morgan fingerprint density at radius 1 is 1.22 bits per heavy atom. The lowest BCUT2D eigenvalue weighted by Gasteiger charge is -2.39. The van der Waals surface area contributed by atoms with Gasteiger partial charge in [0.25, 0.3) is 10.0 Å². The van der Waals surface area contributed by atoms with Crippen molar-refractivity contribution in [2.24, 2.45) is 5.92 Å². The minimum atomic E-state index is -3.58. The normalized spacial score (nSPS) is 22.4. The van der Waals surface area contributed by atoms with Gasteiger partial charge >= 0.3 is 0 Å². The molecule has 3 heterocycles. The third-order valence-corrected chi connectivity index (χ3v) is 8.81. The predicted octanol–water partition coefficient (Wildman–Crippen LogP) is 2.56. The molecule has 2 saturated heterocycles. The number of amides is 1. The molecule has 0 aliphatic carbocycles. The summed E-state index contributed by atoms with van der Waals surface area (Å²) in [5.41, 5.74) is 0. The van der Waals surface area contributed by atoms with Crippen molar-refractivity contribution < 1.29 is 13.2 Å². The zero-order chi connectivity index (χ0) is 18.6. The standard InChI is InChI=1S/C18H29N3O3S2.ClH/c1-19-10-7-15-8-12-20(13-9-15)18(22)16-5-2-3-11-21(16)26(23,24)17-6-4-14-25-17;/h4,6,14-16,19H,2-3,5,7-13H2,1H3;1H. The van der Waals surface area contributed by atoms with Crippen LogP contribution in [0.1, 0.15) is 38.5 Å². The minimum Gasteiger partial charge on any atom is -0.341 e. The summed E-state index contributed by atoms with van der Waals surface area (Å²) >= 11 is 1.22. The molecule has 3 rings (SSSR count). The summed E-state index contributed by atoms with van der Waals surface area (Å²) < 4.78 is 27.7. The number of hydrogen-bond acceptors (Lipinski definition) is 5. The van der Waals surface area contributed by atoms with Crippen molar-refractivity contribution in [2.45, 2.75) is 48.8 Å². The average molecular weight is 436 g/mol.